The molecule has 0 saturated heterocycles. The number of carbonyl (C=O) groups excluding carboxylic acids is 1. The van der Waals surface area contributed by atoms with Crippen LogP contribution in [0.4, 0.5) is 5.82 Å². The van der Waals surface area contributed by atoms with E-state index in [1.165, 1.54) is 11.8 Å². The van der Waals surface area contributed by atoms with Crippen LogP contribution in [0.1, 0.15) is 5.69 Å². The molecule has 2 N–H and O–H groups in total. The van der Waals surface area contributed by atoms with E-state index >= 15 is 0 Å². The van der Waals surface area contributed by atoms with Gasteiger partial charge in [0, 0.05) is 18.0 Å². The minimum atomic E-state index is 0.0284. The van der Waals surface area contributed by atoms with Gasteiger partial charge in [-0.2, -0.15) is 5.10 Å². The van der Waals surface area contributed by atoms with E-state index in [9.17, 15) is 4.79 Å². The molecular formula is C15H18N4OS. The summed E-state index contributed by atoms with van der Waals surface area (Å²) in [5, 5.41) is 13.9. The Balaban J connectivity index is 1.60. The molecule has 110 valence electrons. The molecule has 1 heterocycles. The summed E-state index contributed by atoms with van der Waals surface area (Å²) >= 11 is 1.53. The van der Waals surface area contributed by atoms with E-state index in [-0.39, 0.29) is 5.91 Å². The third-order valence-corrected chi connectivity index (χ3v) is 3.68. The Morgan fingerprint density at radius 2 is 1.90 bits per heavy atom. The molecule has 0 aliphatic carbocycles. The van der Waals surface area contributed by atoms with Crippen molar-refractivity contribution in [1.82, 2.24) is 15.5 Å². The van der Waals surface area contributed by atoms with Crippen LogP contribution in [0.25, 0.3) is 0 Å². The molecule has 1 aromatic carbocycles. The minimum absolute atomic E-state index is 0.0284. The summed E-state index contributed by atoms with van der Waals surface area (Å²) in [5.74, 6) is 1.17. The molecular weight excluding hydrogens is 284 g/mol. The van der Waals surface area contributed by atoms with E-state index in [4.69, 9.17) is 0 Å². The van der Waals surface area contributed by atoms with Crippen molar-refractivity contribution >= 4 is 23.5 Å². The Morgan fingerprint density at radius 1 is 1.10 bits per heavy atom. The normalized spacial score (nSPS) is 10.1. The van der Waals surface area contributed by atoms with Crippen LogP contribution >= 0.6 is 11.8 Å². The number of nitrogens with one attached hydrogen (secondary N) is 2. The molecule has 0 bridgehead atoms. The maximum Gasteiger partial charge on any atom is 0.230 e. The number of amides is 1. The van der Waals surface area contributed by atoms with Crippen LogP contribution in [0, 0.1) is 6.92 Å². The highest BCUT2D eigenvalue weighted by molar-refractivity contribution is 8.00. The summed E-state index contributed by atoms with van der Waals surface area (Å²) in [4.78, 5) is 12.8. The number of benzene rings is 1. The van der Waals surface area contributed by atoms with Crippen molar-refractivity contribution in [2.75, 3.05) is 24.2 Å². The quantitative estimate of drug-likeness (QED) is 0.605. The number of hydrogen-bond donors (Lipinski definition) is 2. The molecule has 0 spiro atoms. The van der Waals surface area contributed by atoms with Gasteiger partial charge in [-0.1, -0.05) is 18.2 Å². The molecule has 21 heavy (non-hydrogen) atoms. The predicted octanol–water partition coefficient (Wildman–Crippen LogP) is 2.11. The summed E-state index contributed by atoms with van der Waals surface area (Å²) in [5.41, 5.74) is 0.881. The van der Waals surface area contributed by atoms with Crippen LogP contribution in [0.2, 0.25) is 0 Å². The van der Waals surface area contributed by atoms with Crippen molar-refractivity contribution in [1.29, 1.82) is 0 Å². The molecule has 6 heteroatoms. The maximum atomic E-state index is 11.7. The first-order valence-electron chi connectivity index (χ1n) is 6.73. The van der Waals surface area contributed by atoms with Crippen molar-refractivity contribution in [3.63, 3.8) is 0 Å². The number of thioether (sulfide) groups is 1. The maximum absolute atomic E-state index is 11.7. The van der Waals surface area contributed by atoms with Crippen molar-refractivity contribution in [3.8, 4) is 0 Å². The molecule has 1 amide bonds. The zero-order valence-electron chi connectivity index (χ0n) is 11.9. The fraction of sp³-hybridized carbons (Fsp3) is 0.267. The van der Waals surface area contributed by atoms with Gasteiger partial charge in [-0.15, -0.1) is 16.9 Å². The third-order valence-electron chi connectivity index (χ3n) is 2.66. The molecule has 1 aromatic heterocycles. The summed E-state index contributed by atoms with van der Waals surface area (Å²) in [6.07, 6.45) is 0. The van der Waals surface area contributed by atoms with E-state index < -0.39 is 0 Å². The van der Waals surface area contributed by atoms with Crippen LogP contribution in [0.5, 0.6) is 0 Å². The molecule has 0 fully saturated rings. The highest BCUT2D eigenvalue weighted by Gasteiger charge is 2.02. The number of nitrogens with zero attached hydrogens (tertiary/aromatic N) is 2. The fourth-order valence-corrected chi connectivity index (χ4v) is 2.35. The predicted molar refractivity (Wildman–Crippen MR) is 85.4 cm³/mol. The van der Waals surface area contributed by atoms with Crippen molar-refractivity contribution < 1.29 is 4.79 Å². The molecule has 0 unspecified atom stereocenters. The highest BCUT2D eigenvalue weighted by Crippen LogP contribution is 2.15. The van der Waals surface area contributed by atoms with Crippen LogP contribution in [-0.2, 0) is 4.79 Å². The average Bonchev–Trinajstić information content (AvgIpc) is 2.52. The first kappa shape index (κ1) is 15.3. The summed E-state index contributed by atoms with van der Waals surface area (Å²) in [7, 11) is 0. The molecule has 0 aliphatic rings. The Morgan fingerprint density at radius 3 is 2.62 bits per heavy atom. The van der Waals surface area contributed by atoms with E-state index in [0.29, 0.717) is 24.7 Å². The minimum Gasteiger partial charge on any atom is -0.367 e. The molecule has 0 aliphatic heterocycles. The van der Waals surface area contributed by atoms with E-state index in [0.717, 1.165) is 10.6 Å². The zero-order valence-corrected chi connectivity index (χ0v) is 12.7. The van der Waals surface area contributed by atoms with Crippen molar-refractivity contribution in [2.24, 2.45) is 0 Å². The van der Waals surface area contributed by atoms with E-state index in [1.807, 2.05) is 49.4 Å². The Labute approximate surface area is 128 Å². The fourth-order valence-electron chi connectivity index (χ4n) is 1.60. The largest absolute Gasteiger partial charge is 0.367 e. The van der Waals surface area contributed by atoms with Crippen LogP contribution < -0.4 is 10.6 Å². The second kappa shape index (κ2) is 8.26. The lowest BCUT2D eigenvalue weighted by Crippen LogP contribution is -2.30. The van der Waals surface area contributed by atoms with Crippen LogP contribution in [0.3, 0.4) is 0 Å². The number of hydrogen-bond acceptors (Lipinski definition) is 5. The van der Waals surface area contributed by atoms with Gasteiger partial charge in [0.25, 0.3) is 0 Å². The Kier molecular flexibility index (Phi) is 6.02. The lowest BCUT2D eigenvalue weighted by Gasteiger charge is -2.07. The number of aryl methyl sites for hydroxylation is 1. The summed E-state index contributed by atoms with van der Waals surface area (Å²) in [6, 6.07) is 13.6. The topological polar surface area (TPSA) is 66.9 Å². The van der Waals surface area contributed by atoms with Crippen molar-refractivity contribution in [3.05, 3.63) is 48.2 Å². The molecule has 0 atom stereocenters. The molecule has 0 radical (unpaired) electrons. The van der Waals surface area contributed by atoms with Gasteiger partial charge in [0.15, 0.2) is 0 Å². The molecule has 0 saturated carbocycles. The van der Waals surface area contributed by atoms with Gasteiger partial charge < -0.3 is 10.6 Å². The molecule has 2 rings (SSSR count). The second-order valence-electron chi connectivity index (χ2n) is 4.44. The zero-order chi connectivity index (χ0) is 14.9. The van der Waals surface area contributed by atoms with E-state index in [2.05, 4.69) is 20.8 Å². The Bertz CT molecular complexity index is 560. The van der Waals surface area contributed by atoms with E-state index in [1.54, 1.807) is 0 Å². The monoisotopic (exact) mass is 302 g/mol. The van der Waals surface area contributed by atoms with Gasteiger partial charge in [0.2, 0.25) is 5.91 Å². The standard InChI is InChI=1S/C15H18N4OS/c1-12-7-8-14(19-18-12)16-9-10-17-15(20)11-21-13-5-3-2-4-6-13/h2-8H,9-11H2,1H3,(H,16,19)(H,17,20). The van der Waals surface area contributed by atoms with Gasteiger partial charge in [-0.3, -0.25) is 4.79 Å². The number of aromatic nitrogens is 2. The van der Waals surface area contributed by atoms with Crippen molar-refractivity contribution in [2.45, 2.75) is 11.8 Å². The highest BCUT2D eigenvalue weighted by atomic mass is 32.2. The first-order chi connectivity index (χ1) is 10.2. The summed E-state index contributed by atoms with van der Waals surface area (Å²) < 4.78 is 0. The van der Waals surface area contributed by atoms with Crippen LogP contribution in [-0.4, -0.2) is 34.9 Å². The Hall–Kier alpha value is -2.08. The smallest absolute Gasteiger partial charge is 0.230 e. The molecule has 5 nitrogen and oxygen atoms in total. The van der Waals surface area contributed by atoms with Gasteiger partial charge in [-0.05, 0) is 31.2 Å². The van der Waals surface area contributed by atoms with Gasteiger partial charge in [0.05, 0.1) is 11.4 Å². The number of anilines is 1. The first-order valence-corrected chi connectivity index (χ1v) is 7.71. The molecule has 2 aromatic rings. The third kappa shape index (κ3) is 5.83. The van der Waals surface area contributed by atoms with Gasteiger partial charge in [-0.25, -0.2) is 0 Å². The number of rotatable bonds is 7. The lowest BCUT2D eigenvalue weighted by atomic mass is 10.4. The average molecular weight is 302 g/mol. The lowest BCUT2D eigenvalue weighted by molar-refractivity contribution is -0.118. The van der Waals surface area contributed by atoms with Crippen LogP contribution in [0.15, 0.2) is 47.4 Å². The SMILES string of the molecule is Cc1ccc(NCCNC(=O)CSc2ccccc2)nn1. The van der Waals surface area contributed by atoms with Gasteiger partial charge >= 0.3 is 0 Å². The second-order valence-corrected chi connectivity index (χ2v) is 5.49. The van der Waals surface area contributed by atoms with Gasteiger partial charge in [0.1, 0.15) is 5.82 Å². The number of carbonyl (C=O) groups is 1. The summed E-state index contributed by atoms with van der Waals surface area (Å²) in [6.45, 7) is 3.07.